The Labute approximate surface area is 160 Å². The van der Waals surface area contributed by atoms with Crippen LogP contribution >= 0.6 is 0 Å². The molecule has 144 valence electrons. The zero-order valence-corrected chi connectivity index (χ0v) is 14.8. The maximum Gasteiger partial charge on any atom is 0.318 e. The average Bonchev–Trinajstić information content (AvgIpc) is 2.88. The highest BCUT2D eigenvalue weighted by atomic mass is 16.7. The highest BCUT2D eigenvalue weighted by Gasteiger charge is 2.69. The highest BCUT2D eigenvalue weighted by Crippen LogP contribution is 2.58. The van der Waals surface area contributed by atoms with Gasteiger partial charge < -0.3 is 29.5 Å². The van der Waals surface area contributed by atoms with E-state index in [1.807, 2.05) is 0 Å². The smallest absolute Gasteiger partial charge is 0.318 e. The summed E-state index contributed by atoms with van der Waals surface area (Å²) in [6.45, 7) is 7.33. The van der Waals surface area contributed by atoms with E-state index in [-0.39, 0.29) is 47.3 Å². The van der Waals surface area contributed by atoms with E-state index >= 15 is 0 Å². The Kier molecular flexibility index (Phi) is 3.87. The second kappa shape index (κ2) is 6.03. The predicted molar refractivity (Wildman–Crippen MR) is 98.9 cm³/mol. The molecule has 0 amide bonds. The van der Waals surface area contributed by atoms with E-state index in [9.17, 15) is 20.1 Å². The van der Waals surface area contributed by atoms with Gasteiger partial charge in [-0.15, -0.1) is 6.58 Å². The minimum Gasteiger partial charge on any atom is -0.508 e. The van der Waals surface area contributed by atoms with E-state index in [1.165, 1.54) is 42.5 Å². The molecule has 4 rings (SSSR count). The number of hydrogen-bond donors (Lipinski definition) is 3. The van der Waals surface area contributed by atoms with Gasteiger partial charge in [-0.05, 0) is 12.1 Å². The number of phenols is 2. The number of Topliss-reactive ketones (excluding diaryl/α,β-unsaturated/α-hetero) is 1. The molecule has 0 bridgehead atoms. The normalized spacial score (nSPS) is 24.2. The quantitative estimate of drug-likeness (QED) is 0.683. The molecule has 0 unspecified atom stereocenters. The van der Waals surface area contributed by atoms with Crippen LogP contribution in [0, 0.1) is 0 Å². The molecule has 0 fully saturated rings. The third-order valence-corrected chi connectivity index (χ3v) is 4.86. The Bertz CT molecular complexity index is 1010. The number of phenolic OH excluding ortho intramolecular Hbond substituents is 2. The SMILES string of the molecule is C=CCOc1cc(O)cc2c1C(=O)[C@@]1(O)Oc3cc(O)ccc3[C@@]1(CC=C)O2. The first-order valence-electron chi connectivity index (χ1n) is 8.56. The fourth-order valence-corrected chi connectivity index (χ4v) is 3.70. The van der Waals surface area contributed by atoms with Crippen molar-refractivity contribution in [2.24, 2.45) is 0 Å². The fourth-order valence-electron chi connectivity index (χ4n) is 3.70. The van der Waals surface area contributed by atoms with Crippen molar-refractivity contribution in [1.29, 1.82) is 0 Å². The average molecular weight is 382 g/mol. The molecular formula is C21H18O7. The predicted octanol–water partition coefficient (Wildman–Crippen LogP) is 2.79. The zero-order chi connectivity index (χ0) is 20.1. The molecule has 0 aromatic heterocycles. The number of carbonyl (C=O) groups excluding carboxylic acids is 1. The minimum absolute atomic E-state index is 0.0305. The van der Waals surface area contributed by atoms with Gasteiger partial charge in [0.05, 0.1) is 0 Å². The number of benzene rings is 2. The molecular weight excluding hydrogens is 364 g/mol. The van der Waals surface area contributed by atoms with Crippen molar-refractivity contribution < 1.29 is 34.3 Å². The van der Waals surface area contributed by atoms with Gasteiger partial charge in [0.1, 0.15) is 40.9 Å². The Morgan fingerprint density at radius 2 is 1.79 bits per heavy atom. The van der Waals surface area contributed by atoms with Crippen molar-refractivity contribution in [3.63, 3.8) is 0 Å². The lowest BCUT2D eigenvalue weighted by molar-refractivity contribution is -0.201. The van der Waals surface area contributed by atoms with Crippen molar-refractivity contribution in [1.82, 2.24) is 0 Å². The number of ketones is 1. The van der Waals surface area contributed by atoms with Crippen LogP contribution in [0.15, 0.2) is 55.6 Å². The number of carbonyl (C=O) groups is 1. The van der Waals surface area contributed by atoms with Gasteiger partial charge in [-0.3, -0.25) is 4.79 Å². The van der Waals surface area contributed by atoms with Crippen molar-refractivity contribution in [2.75, 3.05) is 6.61 Å². The third-order valence-electron chi connectivity index (χ3n) is 4.86. The summed E-state index contributed by atoms with van der Waals surface area (Å²) in [6, 6.07) is 6.74. The van der Waals surface area contributed by atoms with Crippen LogP contribution in [0.4, 0.5) is 0 Å². The van der Waals surface area contributed by atoms with E-state index in [0.29, 0.717) is 5.56 Å². The van der Waals surface area contributed by atoms with Gasteiger partial charge in [0, 0.05) is 30.2 Å². The van der Waals surface area contributed by atoms with Crippen LogP contribution in [-0.4, -0.2) is 33.5 Å². The van der Waals surface area contributed by atoms with E-state index in [4.69, 9.17) is 14.2 Å². The number of fused-ring (bicyclic) bond motifs is 4. The molecule has 2 aliphatic heterocycles. The van der Waals surface area contributed by atoms with E-state index in [2.05, 4.69) is 13.2 Å². The maximum absolute atomic E-state index is 13.4. The van der Waals surface area contributed by atoms with Crippen molar-refractivity contribution in [2.45, 2.75) is 17.8 Å². The summed E-state index contributed by atoms with van der Waals surface area (Å²) >= 11 is 0. The van der Waals surface area contributed by atoms with Crippen LogP contribution in [0.3, 0.4) is 0 Å². The number of hydrogen-bond acceptors (Lipinski definition) is 7. The summed E-state index contributed by atoms with van der Waals surface area (Å²) in [7, 11) is 0. The largest absolute Gasteiger partial charge is 0.508 e. The van der Waals surface area contributed by atoms with Crippen LogP contribution < -0.4 is 14.2 Å². The summed E-state index contributed by atoms with van der Waals surface area (Å²) < 4.78 is 17.2. The summed E-state index contributed by atoms with van der Waals surface area (Å²) in [5, 5.41) is 31.2. The summed E-state index contributed by atoms with van der Waals surface area (Å²) in [5.41, 5.74) is -1.31. The number of aromatic hydroxyl groups is 2. The second-order valence-corrected chi connectivity index (χ2v) is 6.59. The molecule has 2 atom stereocenters. The van der Waals surface area contributed by atoms with Crippen molar-refractivity contribution >= 4 is 5.78 Å². The lowest BCUT2D eigenvalue weighted by atomic mass is 9.78. The Hall–Kier alpha value is -3.45. The Balaban J connectivity index is 1.96. The molecule has 0 radical (unpaired) electrons. The highest BCUT2D eigenvalue weighted by molar-refractivity contribution is 6.09. The molecule has 0 aliphatic carbocycles. The Morgan fingerprint density at radius 3 is 2.50 bits per heavy atom. The third kappa shape index (κ3) is 2.23. The lowest BCUT2D eigenvalue weighted by Gasteiger charge is -2.43. The molecule has 0 saturated carbocycles. The molecule has 0 saturated heterocycles. The van der Waals surface area contributed by atoms with Crippen LogP contribution in [0.5, 0.6) is 28.7 Å². The standard InChI is InChI=1S/C21H18O7/c1-3-7-20-14-6-5-12(22)9-15(14)28-21(20,25)19(24)18-16(26-8-4-2)10-13(23)11-17(18)27-20/h3-6,9-11,22-23,25H,1-2,7-8H2/t20-,21-/m1/s1. The summed E-state index contributed by atoms with van der Waals surface area (Å²) in [6.07, 6.45) is 3.00. The molecule has 2 aromatic carbocycles. The second-order valence-electron chi connectivity index (χ2n) is 6.59. The summed E-state index contributed by atoms with van der Waals surface area (Å²) in [5.74, 6) is -3.27. The Morgan fingerprint density at radius 1 is 1.04 bits per heavy atom. The molecule has 7 heteroatoms. The summed E-state index contributed by atoms with van der Waals surface area (Å²) in [4.78, 5) is 13.4. The van der Waals surface area contributed by atoms with E-state index < -0.39 is 17.2 Å². The van der Waals surface area contributed by atoms with Gasteiger partial charge in [0.15, 0.2) is 0 Å². The number of ether oxygens (including phenoxy) is 3. The van der Waals surface area contributed by atoms with E-state index in [0.717, 1.165) is 0 Å². The molecule has 0 spiro atoms. The van der Waals surface area contributed by atoms with Crippen LogP contribution in [0.25, 0.3) is 0 Å². The van der Waals surface area contributed by atoms with Gasteiger partial charge in [-0.25, -0.2) is 0 Å². The molecule has 2 heterocycles. The van der Waals surface area contributed by atoms with Gasteiger partial charge in [0.25, 0.3) is 0 Å². The van der Waals surface area contributed by atoms with Gasteiger partial charge >= 0.3 is 5.79 Å². The molecule has 2 aliphatic rings. The number of aliphatic hydroxyl groups is 1. The van der Waals surface area contributed by atoms with Crippen LogP contribution in [0.2, 0.25) is 0 Å². The molecule has 3 N–H and O–H groups in total. The first-order valence-corrected chi connectivity index (χ1v) is 8.56. The van der Waals surface area contributed by atoms with Gasteiger partial charge in [-0.2, -0.15) is 0 Å². The van der Waals surface area contributed by atoms with Gasteiger partial charge in [-0.1, -0.05) is 18.7 Å². The van der Waals surface area contributed by atoms with Gasteiger partial charge in [0.2, 0.25) is 11.4 Å². The molecule has 28 heavy (non-hydrogen) atoms. The van der Waals surface area contributed by atoms with Crippen molar-refractivity contribution in [3.8, 4) is 28.7 Å². The topological polar surface area (TPSA) is 105 Å². The minimum atomic E-state index is -2.41. The van der Waals surface area contributed by atoms with E-state index in [1.54, 1.807) is 0 Å². The first kappa shape index (κ1) is 17.9. The van der Waals surface area contributed by atoms with Crippen molar-refractivity contribution in [3.05, 3.63) is 66.8 Å². The molecule has 7 nitrogen and oxygen atoms in total. The fraction of sp³-hybridized carbons (Fsp3) is 0.190. The van der Waals surface area contributed by atoms with Crippen LogP contribution in [0.1, 0.15) is 22.3 Å². The maximum atomic E-state index is 13.4. The zero-order valence-electron chi connectivity index (χ0n) is 14.8. The number of rotatable bonds is 5. The lowest BCUT2D eigenvalue weighted by Crippen LogP contribution is -2.62. The monoisotopic (exact) mass is 382 g/mol. The first-order chi connectivity index (χ1) is 13.4. The molecule has 2 aromatic rings. The van der Waals surface area contributed by atoms with Crippen LogP contribution in [-0.2, 0) is 5.60 Å².